The van der Waals surface area contributed by atoms with Crippen LogP contribution in [-0.4, -0.2) is 56.9 Å². The molecule has 2 amide bonds. The third kappa shape index (κ3) is 5.40. The lowest BCUT2D eigenvalue weighted by molar-refractivity contribution is -0.119. The topological polar surface area (TPSA) is 107 Å². The smallest absolute Gasteiger partial charge is 0.414 e. The molecule has 2 aliphatic rings. The van der Waals surface area contributed by atoms with Crippen molar-refractivity contribution in [1.29, 1.82) is 5.26 Å². The van der Waals surface area contributed by atoms with Crippen LogP contribution in [0.2, 0.25) is 0 Å². The number of cyclic esters (lactones) is 1. The van der Waals surface area contributed by atoms with Gasteiger partial charge in [0.2, 0.25) is 5.91 Å². The van der Waals surface area contributed by atoms with Crippen LogP contribution in [0.15, 0.2) is 42.5 Å². The largest absolute Gasteiger partial charge is 0.497 e. The zero-order chi connectivity index (χ0) is 25.0. The van der Waals surface area contributed by atoms with E-state index in [1.54, 1.807) is 19.2 Å². The average Bonchev–Trinajstić information content (AvgIpc) is 3.24. The molecule has 2 heterocycles. The summed E-state index contributed by atoms with van der Waals surface area (Å²) in [7, 11) is 1.60. The Morgan fingerprint density at radius 1 is 1.26 bits per heavy atom. The Morgan fingerprint density at radius 2 is 1.97 bits per heavy atom. The van der Waals surface area contributed by atoms with Gasteiger partial charge in [-0.2, -0.15) is 5.26 Å². The fourth-order valence-corrected chi connectivity index (χ4v) is 4.36. The Bertz CT molecular complexity index is 1130. The van der Waals surface area contributed by atoms with E-state index in [1.807, 2.05) is 29.2 Å². The number of hydrogen-bond donors (Lipinski definition) is 2. The van der Waals surface area contributed by atoms with Crippen molar-refractivity contribution >= 4 is 29.1 Å². The second-order valence-corrected chi connectivity index (χ2v) is 8.72. The first-order chi connectivity index (χ1) is 16.8. The van der Waals surface area contributed by atoms with Gasteiger partial charge in [-0.15, -0.1) is 0 Å². The third-order valence-corrected chi connectivity index (χ3v) is 6.34. The molecular weight excluding hydrogens is 453 g/mol. The van der Waals surface area contributed by atoms with Gasteiger partial charge in [0.15, 0.2) is 0 Å². The SMILES string of the molecule is COc1ccc(NC2(C#N)CCN(c3ccc(N4C[C@H](CNC(C)=O)OC4=O)cc3F)CC2)cc1. The number of benzene rings is 2. The fourth-order valence-electron chi connectivity index (χ4n) is 4.36. The quantitative estimate of drug-likeness (QED) is 0.625. The highest BCUT2D eigenvalue weighted by atomic mass is 19.1. The first-order valence-electron chi connectivity index (χ1n) is 11.4. The van der Waals surface area contributed by atoms with Crippen LogP contribution in [0.5, 0.6) is 5.75 Å². The van der Waals surface area contributed by atoms with E-state index in [0.29, 0.717) is 37.3 Å². The molecule has 35 heavy (non-hydrogen) atoms. The molecule has 0 aromatic heterocycles. The van der Waals surface area contributed by atoms with Gasteiger partial charge in [0.1, 0.15) is 23.2 Å². The number of nitriles is 1. The minimum absolute atomic E-state index is 0.205. The van der Waals surface area contributed by atoms with Gasteiger partial charge in [-0.05, 0) is 42.5 Å². The summed E-state index contributed by atoms with van der Waals surface area (Å²) in [5.41, 5.74) is 0.896. The predicted octanol–water partition coefficient (Wildman–Crippen LogP) is 3.27. The zero-order valence-corrected chi connectivity index (χ0v) is 19.7. The van der Waals surface area contributed by atoms with Gasteiger partial charge >= 0.3 is 6.09 Å². The van der Waals surface area contributed by atoms with E-state index in [9.17, 15) is 14.9 Å². The van der Waals surface area contributed by atoms with Gasteiger partial charge in [0, 0.05) is 38.5 Å². The molecule has 2 fully saturated rings. The summed E-state index contributed by atoms with van der Waals surface area (Å²) < 4.78 is 25.5. The number of piperidine rings is 1. The van der Waals surface area contributed by atoms with Crippen LogP contribution in [0, 0.1) is 17.1 Å². The summed E-state index contributed by atoms with van der Waals surface area (Å²) in [5.74, 6) is 0.0740. The van der Waals surface area contributed by atoms with Gasteiger partial charge in [-0.25, -0.2) is 9.18 Å². The monoisotopic (exact) mass is 481 g/mol. The van der Waals surface area contributed by atoms with Crippen molar-refractivity contribution in [2.24, 2.45) is 0 Å². The maximum absolute atomic E-state index is 15.1. The minimum atomic E-state index is -0.746. The molecule has 0 aliphatic carbocycles. The molecule has 0 radical (unpaired) electrons. The summed E-state index contributed by atoms with van der Waals surface area (Å²) in [6.07, 6.45) is -0.0394. The van der Waals surface area contributed by atoms with Gasteiger partial charge < -0.3 is 25.0 Å². The van der Waals surface area contributed by atoms with Crippen molar-refractivity contribution in [2.45, 2.75) is 31.4 Å². The molecule has 1 atom stereocenters. The number of anilines is 3. The van der Waals surface area contributed by atoms with E-state index in [0.717, 1.165) is 11.4 Å². The van der Waals surface area contributed by atoms with E-state index >= 15 is 4.39 Å². The lowest BCUT2D eigenvalue weighted by Gasteiger charge is -2.39. The third-order valence-electron chi connectivity index (χ3n) is 6.34. The van der Waals surface area contributed by atoms with Crippen molar-refractivity contribution in [1.82, 2.24) is 5.32 Å². The molecule has 2 saturated heterocycles. The van der Waals surface area contributed by atoms with Crippen LogP contribution < -0.4 is 25.2 Å². The van der Waals surface area contributed by atoms with Crippen LogP contribution in [-0.2, 0) is 9.53 Å². The maximum Gasteiger partial charge on any atom is 0.414 e. The molecule has 2 aromatic rings. The first kappa shape index (κ1) is 24.1. The van der Waals surface area contributed by atoms with Crippen molar-refractivity contribution in [3.63, 3.8) is 0 Å². The van der Waals surface area contributed by atoms with Crippen LogP contribution in [0.1, 0.15) is 19.8 Å². The molecule has 2 N–H and O–H groups in total. The molecule has 0 saturated carbocycles. The molecule has 184 valence electrons. The number of nitrogens with zero attached hydrogens (tertiary/aromatic N) is 3. The second-order valence-electron chi connectivity index (χ2n) is 8.72. The van der Waals surface area contributed by atoms with Gasteiger partial charge in [-0.3, -0.25) is 9.69 Å². The lowest BCUT2D eigenvalue weighted by atomic mass is 9.88. The van der Waals surface area contributed by atoms with Crippen LogP contribution in [0.4, 0.5) is 26.2 Å². The van der Waals surface area contributed by atoms with Crippen molar-refractivity contribution < 1.29 is 23.5 Å². The molecule has 9 nitrogen and oxygen atoms in total. The molecular formula is C25H28FN5O4. The summed E-state index contributed by atoms with van der Waals surface area (Å²) in [6, 6.07) is 14.5. The van der Waals surface area contributed by atoms with Crippen molar-refractivity contribution in [3.05, 3.63) is 48.3 Å². The number of carbonyl (C=O) groups is 2. The Hall–Kier alpha value is -4.00. The molecule has 0 bridgehead atoms. The number of nitrogens with one attached hydrogen (secondary N) is 2. The number of ether oxygens (including phenoxy) is 2. The second kappa shape index (κ2) is 10.1. The van der Waals surface area contributed by atoms with Crippen molar-refractivity contribution in [2.75, 3.05) is 48.4 Å². The molecule has 0 spiro atoms. The number of rotatable bonds is 7. The highest BCUT2D eigenvalue weighted by Crippen LogP contribution is 2.33. The average molecular weight is 482 g/mol. The highest BCUT2D eigenvalue weighted by Gasteiger charge is 2.36. The van der Waals surface area contributed by atoms with Crippen LogP contribution in [0.25, 0.3) is 0 Å². The van der Waals surface area contributed by atoms with Gasteiger partial charge in [0.05, 0.1) is 37.6 Å². The lowest BCUT2D eigenvalue weighted by Crippen LogP contribution is -2.48. The number of halogens is 1. The molecule has 10 heteroatoms. The highest BCUT2D eigenvalue weighted by molar-refractivity contribution is 5.90. The normalized spacial score (nSPS) is 19.0. The molecule has 0 unspecified atom stereocenters. The number of methoxy groups -OCH3 is 1. The van der Waals surface area contributed by atoms with E-state index in [2.05, 4.69) is 16.7 Å². The standard InChI is InChI=1S/C25H28FN5O4/c1-17(32)28-14-21-15-31(24(33)35-21)19-5-8-23(22(26)13-19)30-11-9-25(16-27,10-12-30)29-18-3-6-20(34-2)7-4-18/h3-8,13,21,29H,9-12,14-15H2,1-2H3,(H,28,32)/t21-/m0/s1. The van der Waals surface area contributed by atoms with Gasteiger partial charge in [0.25, 0.3) is 0 Å². The number of carbonyl (C=O) groups excluding carboxylic acids is 2. The number of amides is 2. The maximum atomic E-state index is 15.1. The minimum Gasteiger partial charge on any atom is -0.497 e. The summed E-state index contributed by atoms with van der Waals surface area (Å²) in [5, 5.41) is 15.8. The zero-order valence-electron chi connectivity index (χ0n) is 19.7. The van der Waals surface area contributed by atoms with E-state index < -0.39 is 23.6 Å². The Kier molecular flexibility index (Phi) is 6.96. The fraction of sp³-hybridized carbons (Fsp3) is 0.400. The van der Waals surface area contributed by atoms with Crippen molar-refractivity contribution in [3.8, 4) is 11.8 Å². The van der Waals surface area contributed by atoms with E-state index in [-0.39, 0.29) is 19.0 Å². The first-order valence-corrected chi connectivity index (χ1v) is 11.4. The van der Waals surface area contributed by atoms with Crippen LogP contribution in [0.3, 0.4) is 0 Å². The summed E-state index contributed by atoms with van der Waals surface area (Å²) >= 11 is 0. The molecule has 4 rings (SSSR count). The summed E-state index contributed by atoms with van der Waals surface area (Å²) in [4.78, 5) is 26.6. The predicted molar refractivity (Wildman–Crippen MR) is 129 cm³/mol. The van der Waals surface area contributed by atoms with E-state index in [4.69, 9.17) is 9.47 Å². The Morgan fingerprint density at radius 3 is 2.57 bits per heavy atom. The van der Waals surface area contributed by atoms with Gasteiger partial charge in [-0.1, -0.05) is 0 Å². The Balaban J connectivity index is 1.39. The number of hydrogen-bond acceptors (Lipinski definition) is 7. The summed E-state index contributed by atoms with van der Waals surface area (Å²) in [6.45, 7) is 2.81. The van der Waals surface area contributed by atoms with E-state index in [1.165, 1.54) is 17.9 Å². The van der Waals surface area contributed by atoms with Crippen LogP contribution >= 0.6 is 0 Å². The Labute approximate surface area is 203 Å². The molecule has 2 aromatic carbocycles. The molecule has 2 aliphatic heterocycles.